The normalized spacial score (nSPS) is 22.2. The highest BCUT2D eigenvalue weighted by molar-refractivity contribution is 5.83. The summed E-state index contributed by atoms with van der Waals surface area (Å²) in [5, 5.41) is 4.01. The van der Waals surface area contributed by atoms with E-state index in [0.717, 1.165) is 6.42 Å². The second-order valence-corrected chi connectivity index (χ2v) is 7.15. The number of carbonyl (C=O) groups excluding carboxylic acids is 1. The average Bonchev–Trinajstić information content (AvgIpc) is 3.38. The van der Waals surface area contributed by atoms with Gasteiger partial charge in [0.05, 0.1) is 5.92 Å². The fraction of sp³-hybridized carbons (Fsp3) is 0.300. The predicted octanol–water partition coefficient (Wildman–Crippen LogP) is 1.67. The van der Waals surface area contributed by atoms with Crippen molar-refractivity contribution in [2.24, 2.45) is 0 Å². The first kappa shape index (κ1) is 17.0. The number of hydrazine groups is 1. The van der Waals surface area contributed by atoms with Gasteiger partial charge in [-0.15, -0.1) is 0 Å². The van der Waals surface area contributed by atoms with Gasteiger partial charge in [0.2, 0.25) is 17.6 Å². The van der Waals surface area contributed by atoms with Crippen LogP contribution in [0, 0.1) is 0 Å². The molecule has 2 N–H and O–H groups in total. The van der Waals surface area contributed by atoms with Gasteiger partial charge in [-0.3, -0.25) is 9.78 Å². The van der Waals surface area contributed by atoms with Crippen LogP contribution in [0.15, 0.2) is 59.3 Å². The summed E-state index contributed by atoms with van der Waals surface area (Å²) in [4.78, 5) is 23.3. The zero-order valence-electron chi connectivity index (χ0n) is 15.2. The number of amides is 1. The third kappa shape index (κ3) is 3.17. The van der Waals surface area contributed by atoms with Gasteiger partial charge in [0.15, 0.2) is 0 Å². The number of nitrogens with zero attached hydrogens (tertiary/aromatic N) is 4. The molecule has 2 aliphatic rings. The first-order chi connectivity index (χ1) is 13.8. The average molecular weight is 376 g/mol. The summed E-state index contributed by atoms with van der Waals surface area (Å²) >= 11 is 0. The maximum absolute atomic E-state index is 12.8. The van der Waals surface area contributed by atoms with E-state index in [1.54, 1.807) is 6.20 Å². The molecule has 2 fully saturated rings. The van der Waals surface area contributed by atoms with Gasteiger partial charge in [-0.2, -0.15) is 4.98 Å². The molecule has 8 nitrogen and oxygen atoms in total. The number of pyridine rings is 1. The van der Waals surface area contributed by atoms with E-state index in [-0.39, 0.29) is 23.9 Å². The molecule has 3 aromatic rings. The first-order valence-electron chi connectivity index (χ1n) is 9.38. The van der Waals surface area contributed by atoms with Crippen molar-refractivity contribution in [3.8, 4) is 11.5 Å². The minimum absolute atomic E-state index is 0.0770. The molecule has 2 saturated heterocycles. The third-order valence-electron chi connectivity index (χ3n) is 5.28. The second kappa shape index (κ2) is 7.14. The van der Waals surface area contributed by atoms with Crippen LogP contribution >= 0.6 is 0 Å². The quantitative estimate of drug-likeness (QED) is 0.715. The molecule has 28 heavy (non-hydrogen) atoms. The lowest BCUT2D eigenvalue weighted by atomic mass is 9.96. The Labute approximate surface area is 161 Å². The van der Waals surface area contributed by atoms with E-state index in [0.29, 0.717) is 30.5 Å². The van der Waals surface area contributed by atoms with Crippen molar-refractivity contribution >= 4 is 5.91 Å². The molecule has 0 saturated carbocycles. The molecule has 5 rings (SSSR count). The maximum Gasteiger partial charge on any atom is 0.241 e. The SMILES string of the molecule is O=C(C1CC(c2ccccc2)NN1)N1CC(c2nc(-c3ccccn3)no2)C1. The Morgan fingerprint density at radius 3 is 2.68 bits per heavy atom. The summed E-state index contributed by atoms with van der Waals surface area (Å²) in [7, 11) is 0. The predicted molar refractivity (Wildman–Crippen MR) is 101 cm³/mol. The number of benzene rings is 1. The van der Waals surface area contributed by atoms with Crippen molar-refractivity contribution < 1.29 is 9.32 Å². The molecule has 1 amide bonds. The lowest BCUT2D eigenvalue weighted by Crippen LogP contribution is -2.54. The largest absolute Gasteiger partial charge is 0.340 e. The monoisotopic (exact) mass is 376 g/mol. The van der Waals surface area contributed by atoms with Gasteiger partial charge >= 0.3 is 0 Å². The Morgan fingerprint density at radius 2 is 1.89 bits per heavy atom. The Balaban J connectivity index is 1.17. The zero-order chi connectivity index (χ0) is 18.9. The topological polar surface area (TPSA) is 96.2 Å². The molecule has 0 bridgehead atoms. The van der Waals surface area contributed by atoms with Gasteiger partial charge in [-0.05, 0) is 24.1 Å². The van der Waals surface area contributed by atoms with Crippen LogP contribution in [0.5, 0.6) is 0 Å². The van der Waals surface area contributed by atoms with Crippen molar-refractivity contribution in [2.75, 3.05) is 13.1 Å². The van der Waals surface area contributed by atoms with Gasteiger partial charge in [0.25, 0.3) is 0 Å². The van der Waals surface area contributed by atoms with E-state index in [4.69, 9.17) is 4.52 Å². The summed E-state index contributed by atoms with van der Waals surface area (Å²) in [6.45, 7) is 1.19. The summed E-state index contributed by atoms with van der Waals surface area (Å²) in [5.74, 6) is 1.22. The first-order valence-corrected chi connectivity index (χ1v) is 9.38. The Bertz CT molecular complexity index is 955. The lowest BCUT2D eigenvalue weighted by molar-refractivity contribution is -0.138. The van der Waals surface area contributed by atoms with E-state index in [1.165, 1.54) is 5.56 Å². The molecule has 2 aromatic heterocycles. The van der Waals surface area contributed by atoms with Crippen molar-refractivity contribution in [1.82, 2.24) is 30.9 Å². The Kier molecular flexibility index (Phi) is 4.34. The van der Waals surface area contributed by atoms with Crippen LogP contribution in [0.4, 0.5) is 0 Å². The number of rotatable bonds is 4. The second-order valence-electron chi connectivity index (χ2n) is 7.15. The number of aromatic nitrogens is 3. The Morgan fingerprint density at radius 1 is 1.07 bits per heavy atom. The molecular formula is C20H20N6O2. The minimum Gasteiger partial charge on any atom is -0.340 e. The highest BCUT2D eigenvalue weighted by atomic mass is 16.5. The van der Waals surface area contributed by atoms with E-state index < -0.39 is 0 Å². The van der Waals surface area contributed by atoms with Crippen molar-refractivity contribution in [1.29, 1.82) is 0 Å². The van der Waals surface area contributed by atoms with Crippen LogP contribution in [0.2, 0.25) is 0 Å². The van der Waals surface area contributed by atoms with E-state index >= 15 is 0 Å². The lowest BCUT2D eigenvalue weighted by Gasteiger charge is -2.38. The van der Waals surface area contributed by atoms with Gasteiger partial charge in [0, 0.05) is 25.3 Å². The molecule has 0 aliphatic carbocycles. The van der Waals surface area contributed by atoms with Crippen molar-refractivity contribution in [3.05, 3.63) is 66.2 Å². The number of likely N-dealkylation sites (tertiary alicyclic amines) is 1. The Hall–Kier alpha value is -3.10. The summed E-state index contributed by atoms with van der Waals surface area (Å²) < 4.78 is 5.38. The standard InChI is InChI=1S/C20H20N6O2/c27-20(17-10-16(23-24-17)13-6-2-1-3-7-13)26-11-14(12-26)19-22-18(25-28-19)15-8-4-5-9-21-15/h1-9,14,16-17,23-24H,10-12H2. The van der Waals surface area contributed by atoms with Gasteiger partial charge in [-0.1, -0.05) is 41.6 Å². The molecular weight excluding hydrogens is 356 g/mol. The number of nitrogens with one attached hydrogen (secondary N) is 2. The number of hydrogen-bond acceptors (Lipinski definition) is 7. The van der Waals surface area contributed by atoms with Gasteiger partial charge in [-0.25, -0.2) is 10.9 Å². The third-order valence-corrected chi connectivity index (χ3v) is 5.28. The number of carbonyl (C=O) groups is 1. The van der Waals surface area contributed by atoms with Crippen LogP contribution < -0.4 is 10.9 Å². The number of hydrogen-bond donors (Lipinski definition) is 2. The molecule has 8 heteroatoms. The van der Waals surface area contributed by atoms with Crippen LogP contribution in [0.25, 0.3) is 11.5 Å². The molecule has 0 spiro atoms. The van der Waals surface area contributed by atoms with E-state index in [9.17, 15) is 4.79 Å². The molecule has 142 valence electrons. The molecule has 4 heterocycles. The van der Waals surface area contributed by atoms with Crippen molar-refractivity contribution in [2.45, 2.75) is 24.4 Å². The summed E-state index contributed by atoms with van der Waals surface area (Å²) in [5.41, 5.74) is 8.22. The molecule has 2 unspecified atom stereocenters. The van der Waals surface area contributed by atoms with Crippen LogP contribution in [0.3, 0.4) is 0 Å². The van der Waals surface area contributed by atoms with E-state index in [2.05, 4.69) is 38.1 Å². The van der Waals surface area contributed by atoms with Crippen LogP contribution in [-0.4, -0.2) is 45.1 Å². The summed E-state index contributed by atoms with van der Waals surface area (Å²) in [6.07, 6.45) is 2.43. The van der Waals surface area contributed by atoms with Crippen molar-refractivity contribution in [3.63, 3.8) is 0 Å². The maximum atomic E-state index is 12.8. The highest BCUT2D eigenvalue weighted by Crippen LogP contribution is 2.30. The molecule has 0 radical (unpaired) electrons. The highest BCUT2D eigenvalue weighted by Gasteiger charge is 2.40. The smallest absolute Gasteiger partial charge is 0.241 e. The van der Waals surface area contributed by atoms with Gasteiger partial charge < -0.3 is 9.42 Å². The van der Waals surface area contributed by atoms with Crippen LogP contribution in [-0.2, 0) is 4.79 Å². The van der Waals surface area contributed by atoms with Crippen LogP contribution in [0.1, 0.15) is 29.8 Å². The van der Waals surface area contributed by atoms with Gasteiger partial charge in [0.1, 0.15) is 11.7 Å². The minimum atomic E-state index is -0.224. The molecule has 2 atom stereocenters. The summed E-state index contributed by atoms with van der Waals surface area (Å²) in [6, 6.07) is 15.6. The molecule has 1 aromatic carbocycles. The fourth-order valence-corrected chi connectivity index (χ4v) is 3.66. The fourth-order valence-electron chi connectivity index (χ4n) is 3.66. The molecule has 2 aliphatic heterocycles. The zero-order valence-corrected chi connectivity index (χ0v) is 15.2. The van der Waals surface area contributed by atoms with E-state index in [1.807, 2.05) is 41.3 Å².